The van der Waals surface area contributed by atoms with Crippen LogP contribution >= 0.6 is 0 Å². The summed E-state index contributed by atoms with van der Waals surface area (Å²) in [5.41, 5.74) is 3.96. The smallest absolute Gasteiger partial charge is 0.163 e. The first kappa shape index (κ1) is 24.6. The number of nitrogens with one attached hydrogen (secondary N) is 3. The number of piperazine rings is 1. The Kier molecular flexibility index (Phi) is 6.13. The lowest BCUT2D eigenvalue weighted by Crippen LogP contribution is -2.70. The molecule has 0 aromatic carbocycles. The number of piperidine rings is 1. The SMILES string of the molecule is Cc1cc(Nc2cc(C)[nH]n2)nc(C2=CNC(N3CC4CC(C3)N4Cc3ccc(-n4cc(F)cn4)nc3)C=C2)n1. The number of aromatic nitrogens is 7. The second kappa shape index (κ2) is 9.96. The summed E-state index contributed by atoms with van der Waals surface area (Å²) in [5.74, 6) is 2.35. The highest BCUT2D eigenvalue weighted by atomic mass is 19.1. The van der Waals surface area contributed by atoms with Crippen molar-refractivity contribution in [1.29, 1.82) is 0 Å². The first-order chi connectivity index (χ1) is 19.5. The Bertz CT molecular complexity index is 1580. The molecule has 0 saturated carbocycles. The molecule has 4 aliphatic heterocycles. The fourth-order valence-electron chi connectivity index (χ4n) is 5.70. The van der Waals surface area contributed by atoms with Crippen LogP contribution in [0.4, 0.5) is 16.0 Å². The summed E-state index contributed by atoms with van der Waals surface area (Å²) in [7, 11) is 0. The minimum atomic E-state index is -0.371. The summed E-state index contributed by atoms with van der Waals surface area (Å²) >= 11 is 0. The van der Waals surface area contributed by atoms with E-state index in [0.717, 1.165) is 48.0 Å². The molecular formula is C28H30FN11. The highest BCUT2D eigenvalue weighted by molar-refractivity contribution is 5.71. The molecule has 0 radical (unpaired) electrons. The van der Waals surface area contributed by atoms with Crippen LogP contribution in [0.25, 0.3) is 11.4 Å². The van der Waals surface area contributed by atoms with E-state index in [1.165, 1.54) is 23.5 Å². The van der Waals surface area contributed by atoms with Gasteiger partial charge < -0.3 is 10.6 Å². The van der Waals surface area contributed by atoms with Crippen LogP contribution < -0.4 is 10.6 Å². The lowest BCUT2D eigenvalue weighted by molar-refractivity contribution is -0.0844. The van der Waals surface area contributed by atoms with Gasteiger partial charge in [0.05, 0.1) is 18.6 Å². The van der Waals surface area contributed by atoms with Crippen molar-refractivity contribution in [2.45, 2.75) is 45.1 Å². The molecule has 3 atom stereocenters. The van der Waals surface area contributed by atoms with Crippen molar-refractivity contribution >= 4 is 17.2 Å². The molecule has 12 heteroatoms. The van der Waals surface area contributed by atoms with E-state index in [0.29, 0.717) is 29.5 Å². The number of pyridine rings is 1. The maximum absolute atomic E-state index is 13.3. The van der Waals surface area contributed by atoms with Gasteiger partial charge in [-0.05, 0) is 38.0 Å². The fourth-order valence-corrected chi connectivity index (χ4v) is 5.70. The minimum absolute atomic E-state index is 0.140. The molecule has 0 spiro atoms. The Hall–Kier alpha value is -4.42. The third kappa shape index (κ3) is 4.87. The summed E-state index contributed by atoms with van der Waals surface area (Å²) in [6, 6.07) is 8.81. The van der Waals surface area contributed by atoms with Crippen molar-refractivity contribution in [2.24, 2.45) is 0 Å². The van der Waals surface area contributed by atoms with Gasteiger partial charge in [0.25, 0.3) is 0 Å². The van der Waals surface area contributed by atoms with Gasteiger partial charge in [0.1, 0.15) is 5.82 Å². The molecule has 204 valence electrons. The third-order valence-corrected chi connectivity index (χ3v) is 7.67. The normalized spacial score (nSPS) is 22.5. The number of fused-ring (bicyclic) bond motifs is 2. The molecule has 3 fully saturated rings. The molecule has 4 aromatic rings. The largest absolute Gasteiger partial charge is 0.372 e. The number of H-pyrrole nitrogens is 1. The third-order valence-electron chi connectivity index (χ3n) is 7.67. The molecule has 0 aliphatic carbocycles. The van der Waals surface area contributed by atoms with Crippen molar-refractivity contribution in [1.82, 2.24) is 50.0 Å². The number of hydrogen-bond acceptors (Lipinski definition) is 9. The molecule has 3 unspecified atom stereocenters. The number of aromatic amines is 1. The molecule has 8 rings (SSSR count). The van der Waals surface area contributed by atoms with E-state index in [-0.39, 0.29) is 12.0 Å². The van der Waals surface area contributed by atoms with Gasteiger partial charge in [0.2, 0.25) is 0 Å². The van der Waals surface area contributed by atoms with Gasteiger partial charge in [0.15, 0.2) is 23.3 Å². The van der Waals surface area contributed by atoms with Gasteiger partial charge in [-0.25, -0.2) is 24.0 Å². The van der Waals surface area contributed by atoms with E-state index in [1.807, 2.05) is 44.4 Å². The topological polar surface area (TPSA) is 116 Å². The van der Waals surface area contributed by atoms with Crippen molar-refractivity contribution in [3.05, 3.63) is 89.8 Å². The van der Waals surface area contributed by atoms with Gasteiger partial charge in [0, 0.05) is 73.2 Å². The van der Waals surface area contributed by atoms with Crippen molar-refractivity contribution < 1.29 is 4.39 Å². The van der Waals surface area contributed by atoms with Crippen LogP contribution in [0.2, 0.25) is 0 Å². The average molecular weight is 540 g/mol. The van der Waals surface area contributed by atoms with Crippen LogP contribution in [-0.2, 0) is 6.54 Å². The summed E-state index contributed by atoms with van der Waals surface area (Å²) < 4.78 is 14.7. The Balaban J connectivity index is 0.954. The number of anilines is 2. The quantitative estimate of drug-likeness (QED) is 0.326. The van der Waals surface area contributed by atoms with Crippen molar-refractivity contribution in [3.8, 4) is 5.82 Å². The van der Waals surface area contributed by atoms with Crippen LogP contribution in [0.3, 0.4) is 0 Å². The van der Waals surface area contributed by atoms with E-state index < -0.39 is 0 Å². The lowest BCUT2D eigenvalue weighted by Gasteiger charge is -2.57. The maximum atomic E-state index is 13.3. The van der Waals surface area contributed by atoms with E-state index in [2.05, 4.69) is 63.9 Å². The monoisotopic (exact) mass is 539 g/mol. The highest BCUT2D eigenvalue weighted by Crippen LogP contribution is 2.35. The molecule has 4 aromatic heterocycles. The Morgan fingerprint density at radius 1 is 1.07 bits per heavy atom. The summed E-state index contributed by atoms with van der Waals surface area (Å²) in [5, 5.41) is 18.0. The standard InChI is InChI=1S/C28H30FN11/c1-17-7-24(34-25-8-18(2)36-37-25)35-28(33-17)20-4-6-26(31-11-20)38-15-22-9-23(16-38)39(22)13-19-3-5-27(30-10-19)40-14-21(29)12-32-40/h3-8,10-12,14,22-23,26,31H,9,13,15-16H2,1-2H3,(H2,33,34,35,36,37). The van der Waals surface area contributed by atoms with Crippen LogP contribution in [-0.4, -0.2) is 76.1 Å². The van der Waals surface area contributed by atoms with E-state index in [9.17, 15) is 4.39 Å². The zero-order valence-corrected chi connectivity index (χ0v) is 22.3. The number of allylic oxidation sites excluding steroid dienone is 2. The number of nitrogens with zero attached hydrogens (tertiary/aromatic N) is 8. The fraction of sp³-hybridized carbons (Fsp3) is 0.321. The Morgan fingerprint density at radius 3 is 2.62 bits per heavy atom. The maximum Gasteiger partial charge on any atom is 0.163 e. The number of aryl methyl sites for hydroxylation is 2. The zero-order valence-electron chi connectivity index (χ0n) is 22.3. The first-order valence-electron chi connectivity index (χ1n) is 13.4. The molecule has 4 aliphatic rings. The van der Waals surface area contributed by atoms with Crippen molar-refractivity contribution in [3.63, 3.8) is 0 Å². The first-order valence-corrected chi connectivity index (χ1v) is 13.4. The van der Waals surface area contributed by atoms with E-state index in [4.69, 9.17) is 4.98 Å². The molecule has 3 N–H and O–H groups in total. The minimum Gasteiger partial charge on any atom is -0.372 e. The predicted molar refractivity (Wildman–Crippen MR) is 148 cm³/mol. The van der Waals surface area contributed by atoms with E-state index in [1.54, 1.807) is 0 Å². The van der Waals surface area contributed by atoms with Crippen LogP contribution in [0.1, 0.15) is 29.2 Å². The number of rotatable bonds is 7. The predicted octanol–water partition coefficient (Wildman–Crippen LogP) is 3.07. The molecule has 40 heavy (non-hydrogen) atoms. The van der Waals surface area contributed by atoms with Gasteiger partial charge in [-0.2, -0.15) is 10.2 Å². The Labute approximate surface area is 230 Å². The van der Waals surface area contributed by atoms with Gasteiger partial charge in [-0.1, -0.05) is 12.1 Å². The average Bonchev–Trinajstić information content (AvgIpc) is 3.59. The summed E-state index contributed by atoms with van der Waals surface area (Å²) in [4.78, 5) is 18.9. The molecule has 8 heterocycles. The Morgan fingerprint density at radius 2 is 1.95 bits per heavy atom. The molecule has 3 saturated heterocycles. The molecule has 11 nitrogen and oxygen atoms in total. The van der Waals surface area contributed by atoms with Crippen molar-refractivity contribution in [2.75, 3.05) is 18.4 Å². The van der Waals surface area contributed by atoms with Gasteiger partial charge in [-0.3, -0.25) is 14.9 Å². The molecule has 2 bridgehead atoms. The highest BCUT2D eigenvalue weighted by Gasteiger charge is 2.45. The van der Waals surface area contributed by atoms with Crippen LogP contribution in [0.5, 0.6) is 0 Å². The molecule has 0 amide bonds. The summed E-state index contributed by atoms with van der Waals surface area (Å²) in [6.07, 6.45) is 12.0. The van der Waals surface area contributed by atoms with E-state index >= 15 is 0 Å². The van der Waals surface area contributed by atoms with Gasteiger partial charge in [-0.15, -0.1) is 0 Å². The number of hydrogen-bond donors (Lipinski definition) is 3. The molecular weight excluding hydrogens is 509 g/mol. The van der Waals surface area contributed by atoms with Gasteiger partial charge >= 0.3 is 0 Å². The number of halogens is 1. The lowest BCUT2D eigenvalue weighted by atomic mass is 9.86. The van der Waals surface area contributed by atoms with Crippen LogP contribution in [0, 0.1) is 19.7 Å². The number of dihydropyridines is 1. The zero-order chi connectivity index (χ0) is 27.2. The van der Waals surface area contributed by atoms with Crippen LogP contribution in [0.15, 0.2) is 61.2 Å². The summed E-state index contributed by atoms with van der Waals surface area (Å²) in [6.45, 7) is 6.78. The second-order valence-corrected chi connectivity index (χ2v) is 10.6. The second-order valence-electron chi connectivity index (χ2n) is 10.6.